The lowest BCUT2D eigenvalue weighted by Gasteiger charge is -2.24. The third-order valence-corrected chi connectivity index (χ3v) is 3.73. The standard InChI is InChI=1S/C17H23NO4/c1-17(2,3)22-14(20)9-12-13(10-19)18-16(21)15(12)11-7-5-4-6-8-11/h4-8,12-13,15,19H,9-10H2,1-3H3,(H,18,21)/t12-,13-,15+/m1/s1. The Labute approximate surface area is 130 Å². The maximum atomic E-state index is 12.2. The number of amides is 1. The molecule has 2 rings (SSSR count). The predicted molar refractivity (Wildman–Crippen MR) is 82.2 cm³/mol. The van der Waals surface area contributed by atoms with Crippen LogP contribution in [0.25, 0.3) is 0 Å². The van der Waals surface area contributed by atoms with Crippen LogP contribution < -0.4 is 5.32 Å². The minimum absolute atomic E-state index is 0.0980. The van der Waals surface area contributed by atoms with E-state index in [1.54, 1.807) is 20.8 Å². The number of carbonyl (C=O) groups excluding carboxylic acids is 2. The third kappa shape index (κ3) is 3.85. The average molecular weight is 305 g/mol. The molecule has 1 aliphatic rings. The highest BCUT2D eigenvalue weighted by atomic mass is 16.6. The maximum Gasteiger partial charge on any atom is 0.306 e. The van der Waals surface area contributed by atoms with Gasteiger partial charge in [0.15, 0.2) is 0 Å². The second-order valence-corrected chi connectivity index (χ2v) is 6.64. The lowest BCUT2D eigenvalue weighted by molar-refractivity contribution is -0.156. The van der Waals surface area contributed by atoms with Gasteiger partial charge < -0.3 is 15.2 Å². The van der Waals surface area contributed by atoms with Crippen LogP contribution in [-0.2, 0) is 14.3 Å². The highest BCUT2D eigenvalue weighted by Gasteiger charge is 2.44. The number of hydrogen-bond acceptors (Lipinski definition) is 4. The highest BCUT2D eigenvalue weighted by molar-refractivity contribution is 5.88. The fourth-order valence-corrected chi connectivity index (χ4v) is 2.88. The first kappa shape index (κ1) is 16.5. The van der Waals surface area contributed by atoms with E-state index in [9.17, 15) is 14.7 Å². The second kappa shape index (κ2) is 6.48. The first-order valence-electron chi connectivity index (χ1n) is 7.50. The predicted octanol–water partition coefficient (Wildman–Crippen LogP) is 1.61. The topological polar surface area (TPSA) is 75.6 Å². The molecule has 120 valence electrons. The van der Waals surface area contributed by atoms with Gasteiger partial charge in [-0.25, -0.2) is 0 Å². The summed E-state index contributed by atoms with van der Waals surface area (Å²) in [6.07, 6.45) is 0.0980. The van der Waals surface area contributed by atoms with Crippen LogP contribution in [0.4, 0.5) is 0 Å². The van der Waals surface area contributed by atoms with Crippen molar-refractivity contribution >= 4 is 11.9 Å². The molecule has 0 spiro atoms. The van der Waals surface area contributed by atoms with E-state index in [0.717, 1.165) is 5.56 Å². The Morgan fingerprint density at radius 1 is 1.27 bits per heavy atom. The quantitative estimate of drug-likeness (QED) is 0.829. The van der Waals surface area contributed by atoms with Gasteiger partial charge in [-0.2, -0.15) is 0 Å². The summed E-state index contributed by atoms with van der Waals surface area (Å²) in [6, 6.07) is 8.91. The summed E-state index contributed by atoms with van der Waals surface area (Å²) in [5.41, 5.74) is 0.286. The Morgan fingerprint density at radius 2 is 1.91 bits per heavy atom. The van der Waals surface area contributed by atoms with Gasteiger partial charge in [-0.1, -0.05) is 30.3 Å². The Balaban J connectivity index is 2.20. The summed E-state index contributed by atoms with van der Waals surface area (Å²) >= 11 is 0. The van der Waals surface area contributed by atoms with E-state index in [4.69, 9.17) is 4.74 Å². The normalized spacial score (nSPS) is 24.9. The van der Waals surface area contributed by atoms with E-state index in [1.807, 2.05) is 30.3 Å². The molecule has 0 unspecified atom stereocenters. The molecule has 0 bridgehead atoms. The molecule has 1 aliphatic heterocycles. The van der Waals surface area contributed by atoms with Crippen LogP contribution in [0.5, 0.6) is 0 Å². The van der Waals surface area contributed by atoms with Crippen molar-refractivity contribution in [3.8, 4) is 0 Å². The Hall–Kier alpha value is -1.88. The van der Waals surface area contributed by atoms with Gasteiger partial charge in [0, 0.05) is 5.92 Å². The minimum Gasteiger partial charge on any atom is -0.460 e. The molecule has 1 aromatic carbocycles. The summed E-state index contributed by atoms with van der Waals surface area (Å²) in [6.45, 7) is 5.23. The molecule has 1 heterocycles. The first-order chi connectivity index (χ1) is 10.3. The van der Waals surface area contributed by atoms with Crippen molar-refractivity contribution in [1.29, 1.82) is 0 Å². The molecule has 1 aromatic rings. The summed E-state index contributed by atoms with van der Waals surface area (Å²) < 4.78 is 5.35. The number of aliphatic hydroxyl groups is 1. The molecule has 22 heavy (non-hydrogen) atoms. The molecule has 2 N–H and O–H groups in total. The molecule has 0 aliphatic carbocycles. The molecule has 1 saturated heterocycles. The van der Waals surface area contributed by atoms with Gasteiger partial charge in [0.2, 0.25) is 5.91 Å². The van der Waals surface area contributed by atoms with Gasteiger partial charge >= 0.3 is 5.97 Å². The van der Waals surface area contributed by atoms with Crippen molar-refractivity contribution in [3.05, 3.63) is 35.9 Å². The molecule has 0 aromatic heterocycles. The van der Waals surface area contributed by atoms with Crippen molar-refractivity contribution in [1.82, 2.24) is 5.32 Å². The monoisotopic (exact) mass is 305 g/mol. The number of carbonyl (C=O) groups is 2. The third-order valence-electron chi connectivity index (χ3n) is 3.73. The molecule has 1 amide bonds. The number of nitrogens with one attached hydrogen (secondary N) is 1. The maximum absolute atomic E-state index is 12.2. The van der Waals surface area contributed by atoms with E-state index in [2.05, 4.69) is 5.32 Å². The Morgan fingerprint density at radius 3 is 2.45 bits per heavy atom. The molecule has 0 saturated carbocycles. The lowest BCUT2D eigenvalue weighted by Crippen LogP contribution is -2.34. The largest absolute Gasteiger partial charge is 0.460 e. The smallest absolute Gasteiger partial charge is 0.306 e. The van der Waals surface area contributed by atoms with E-state index >= 15 is 0 Å². The molecule has 5 heteroatoms. The van der Waals surface area contributed by atoms with Crippen molar-refractivity contribution in [2.75, 3.05) is 6.61 Å². The zero-order valence-corrected chi connectivity index (χ0v) is 13.2. The van der Waals surface area contributed by atoms with Crippen LogP contribution in [0.15, 0.2) is 30.3 Å². The van der Waals surface area contributed by atoms with E-state index < -0.39 is 17.6 Å². The molecule has 3 atom stereocenters. The minimum atomic E-state index is -0.565. The second-order valence-electron chi connectivity index (χ2n) is 6.64. The van der Waals surface area contributed by atoms with E-state index in [-0.39, 0.29) is 30.8 Å². The van der Waals surface area contributed by atoms with Gasteiger partial charge in [0.1, 0.15) is 5.60 Å². The lowest BCUT2D eigenvalue weighted by atomic mass is 9.83. The van der Waals surface area contributed by atoms with Crippen LogP contribution in [-0.4, -0.2) is 35.2 Å². The van der Waals surface area contributed by atoms with Gasteiger partial charge in [-0.15, -0.1) is 0 Å². The number of aliphatic hydroxyl groups excluding tert-OH is 1. The number of hydrogen-bond donors (Lipinski definition) is 2. The fraction of sp³-hybridized carbons (Fsp3) is 0.529. The van der Waals surface area contributed by atoms with Crippen LogP contribution in [0.1, 0.15) is 38.7 Å². The summed E-state index contributed by atoms with van der Waals surface area (Å²) in [7, 11) is 0. The van der Waals surface area contributed by atoms with Crippen LogP contribution in [0.3, 0.4) is 0 Å². The van der Waals surface area contributed by atoms with Crippen molar-refractivity contribution in [3.63, 3.8) is 0 Å². The fourth-order valence-electron chi connectivity index (χ4n) is 2.88. The summed E-state index contributed by atoms with van der Waals surface area (Å²) in [4.78, 5) is 24.4. The van der Waals surface area contributed by atoms with Crippen molar-refractivity contribution in [2.24, 2.45) is 5.92 Å². The molecule has 0 radical (unpaired) electrons. The average Bonchev–Trinajstić information content (AvgIpc) is 2.73. The highest BCUT2D eigenvalue weighted by Crippen LogP contribution is 2.35. The summed E-state index contributed by atoms with van der Waals surface area (Å²) in [5, 5.41) is 12.3. The van der Waals surface area contributed by atoms with Crippen molar-refractivity contribution < 1.29 is 19.4 Å². The van der Waals surface area contributed by atoms with Crippen LogP contribution >= 0.6 is 0 Å². The first-order valence-corrected chi connectivity index (χ1v) is 7.50. The van der Waals surface area contributed by atoms with Gasteiger partial charge in [-0.05, 0) is 26.3 Å². The van der Waals surface area contributed by atoms with Crippen molar-refractivity contribution in [2.45, 2.75) is 44.8 Å². The van der Waals surface area contributed by atoms with Crippen LogP contribution in [0.2, 0.25) is 0 Å². The zero-order chi connectivity index (χ0) is 16.3. The molecule has 5 nitrogen and oxygen atoms in total. The number of ether oxygens (including phenoxy) is 1. The number of benzene rings is 1. The summed E-state index contributed by atoms with van der Waals surface area (Å²) in [5.74, 6) is -1.26. The van der Waals surface area contributed by atoms with E-state index in [1.165, 1.54) is 0 Å². The zero-order valence-electron chi connectivity index (χ0n) is 13.2. The van der Waals surface area contributed by atoms with E-state index in [0.29, 0.717) is 0 Å². The SMILES string of the molecule is CC(C)(C)OC(=O)C[C@@H]1[C@@H](CO)NC(=O)[C@H]1c1ccccc1. The number of rotatable bonds is 4. The van der Waals surface area contributed by atoms with Gasteiger partial charge in [0.05, 0.1) is 25.0 Å². The molecular formula is C17H23NO4. The van der Waals surface area contributed by atoms with Gasteiger partial charge in [-0.3, -0.25) is 9.59 Å². The Bertz CT molecular complexity index is 535. The molecule has 1 fully saturated rings. The Kier molecular flexibility index (Phi) is 4.86. The number of esters is 1. The molecular weight excluding hydrogens is 282 g/mol. The van der Waals surface area contributed by atoms with Gasteiger partial charge in [0.25, 0.3) is 0 Å². The van der Waals surface area contributed by atoms with Crippen LogP contribution in [0, 0.1) is 5.92 Å².